The summed E-state index contributed by atoms with van der Waals surface area (Å²) < 4.78 is 0. The number of allylic oxidation sites excluding steroid dienone is 2. The van der Waals surface area contributed by atoms with Gasteiger partial charge in [-0.25, -0.2) is 4.79 Å². The first kappa shape index (κ1) is 40.2. The number of benzene rings is 1. The first-order valence-electron chi connectivity index (χ1n) is 21.1. The fourth-order valence-electron chi connectivity index (χ4n) is 14.0. The van der Waals surface area contributed by atoms with Crippen molar-refractivity contribution < 1.29 is 24.6 Å². The van der Waals surface area contributed by atoms with E-state index in [1.807, 2.05) is 18.2 Å². The van der Waals surface area contributed by atoms with Gasteiger partial charge in [-0.15, -0.1) is 0 Å². The zero-order valence-electron chi connectivity index (χ0n) is 34.3. The van der Waals surface area contributed by atoms with E-state index >= 15 is 0 Å². The summed E-state index contributed by atoms with van der Waals surface area (Å²) in [4.78, 5) is 43.0. The van der Waals surface area contributed by atoms with Crippen LogP contribution in [0.2, 0.25) is 0 Å². The lowest BCUT2D eigenvalue weighted by atomic mass is 9.32. The van der Waals surface area contributed by atoms with Crippen molar-refractivity contribution >= 4 is 17.8 Å². The maximum absolute atomic E-state index is 14.7. The summed E-state index contributed by atoms with van der Waals surface area (Å²) in [7, 11) is 0. The van der Waals surface area contributed by atoms with E-state index in [4.69, 9.17) is 5.11 Å². The molecule has 0 spiro atoms. The predicted molar refractivity (Wildman–Crippen MR) is 215 cm³/mol. The highest BCUT2D eigenvalue weighted by Crippen LogP contribution is 2.77. The number of aromatic carboxylic acids is 1. The average molecular weight is 763 g/mol. The fourth-order valence-corrected chi connectivity index (χ4v) is 14.0. The Morgan fingerprint density at radius 1 is 0.893 bits per heavy atom. The number of nitriles is 1. The van der Waals surface area contributed by atoms with Crippen LogP contribution in [0, 0.1) is 68.0 Å². The first-order chi connectivity index (χ1) is 26.5. The molecule has 1 aromatic heterocycles. The second-order valence-electron chi connectivity index (χ2n) is 19.6. The Bertz CT molecular complexity index is 1930. The zero-order valence-corrected chi connectivity index (χ0v) is 34.3. The van der Waals surface area contributed by atoms with Gasteiger partial charge in [-0.1, -0.05) is 52.3 Å². The van der Waals surface area contributed by atoms with Crippen LogP contribution < -0.4 is 10.6 Å². The molecule has 1 aromatic carbocycles. The molecule has 5 saturated carbocycles. The van der Waals surface area contributed by atoms with Gasteiger partial charge in [0.25, 0.3) is 5.91 Å². The number of hydrogen-bond donors (Lipinski definition) is 4. The second-order valence-corrected chi connectivity index (χ2v) is 19.6. The third-order valence-corrected chi connectivity index (χ3v) is 17.1. The number of aliphatic hydroxyl groups is 1. The molecule has 1 heterocycles. The molecule has 9 nitrogen and oxygen atoms in total. The van der Waals surface area contributed by atoms with Gasteiger partial charge in [-0.3, -0.25) is 14.6 Å². The highest BCUT2D eigenvalue weighted by Gasteiger charge is 2.71. The third-order valence-electron chi connectivity index (χ3n) is 17.1. The minimum absolute atomic E-state index is 0.0765. The topological polar surface area (TPSA) is 152 Å². The van der Waals surface area contributed by atoms with E-state index in [0.29, 0.717) is 42.0 Å². The van der Waals surface area contributed by atoms with Gasteiger partial charge in [0, 0.05) is 24.4 Å². The summed E-state index contributed by atoms with van der Waals surface area (Å²) in [6.45, 7) is 15.1. The number of fused-ring (bicyclic) bond motifs is 7. The molecular weight excluding hydrogens is 701 g/mol. The van der Waals surface area contributed by atoms with Crippen LogP contribution in [0.15, 0.2) is 54.2 Å². The number of carboxylic acid groups (broad SMARTS) is 1. The smallest absolute Gasteiger partial charge is 0.337 e. The molecule has 10 atom stereocenters. The van der Waals surface area contributed by atoms with Gasteiger partial charge in [0.05, 0.1) is 35.4 Å². The van der Waals surface area contributed by atoms with E-state index in [9.17, 15) is 24.8 Å². The van der Waals surface area contributed by atoms with Gasteiger partial charge in [0.1, 0.15) is 0 Å². The van der Waals surface area contributed by atoms with Crippen molar-refractivity contribution in [1.82, 2.24) is 15.6 Å². The molecule has 9 heteroatoms. The molecule has 2 amide bonds. The monoisotopic (exact) mass is 762 g/mol. The van der Waals surface area contributed by atoms with Crippen LogP contribution in [-0.4, -0.2) is 45.6 Å². The number of pyridine rings is 1. The molecule has 7 rings (SSSR count). The zero-order chi connectivity index (χ0) is 40.3. The number of aliphatic hydroxyl groups excluding tert-OH is 1. The van der Waals surface area contributed by atoms with Crippen LogP contribution in [0.25, 0.3) is 0 Å². The molecule has 5 fully saturated rings. The van der Waals surface area contributed by atoms with Crippen molar-refractivity contribution in [2.75, 3.05) is 6.54 Å². The Kier molecular flexibility index (Phi) is 10.6. The van der Waals surface area contributed by atoms with Crippen molar-refractivity contribution in [3.8, 4) is 6.07 Å². The van der Waals surface area contributed by atoms with Crippen molar-refractivity contribution in [3.05, 3.63) is 76.6 Å². The Hall–Kier alpha value is -4.03. The van der Waals surface area contributed by atoms with E-state index in [1.54, 1.807) is 18.2 Å². The normalized spacial score (nSPS) is 37.1. The molecule has 0 bridgehead atoms. The number of nitrogens with zero attached hydrogens (tertiary/aromatic N) is 2. The maximum atomic E-state index is 14.7. The van der Waals surface area contributed by atoms with Gasteiger partial charge in [0.15, 0.2) is 0 Å². The highest BCUT2D eigenvalue weighted by atomic mass is 16.4. The summed E-state index contributed by atoms with van der Waals surface area (Å²) in [5.41, 5.74) is 3.08. The molecule has 0 saturated heterocycles. The minimum atomic E-state index is -1.05. The van der Waals surface area contributed by atoms with Crippen LogP contribution in [0.4, 0.5) is 0 Å². The number of hydrogen-bond acceptors (Lipinski definition) is 6. The molecule has 0 radical (unpaired) electrons. The Labute approximate surface area is 333 Å². The molecule has 56 heavy (non-hydrogen) atoms. The van der Waals surface area contributed by atoms with Crippen molar-refractivity contribution in [3.63, 3.8) is 0 Å². The fraction of sp³-hybridized carbons (Fsp3) is 0.638. The SMILES string of the molecule is C/C(=C\C#N)[C@@H]1CC[C@]2(C(=O)NCCc3cccc(C(=O)NCc4ccc(C(=O)O)cn4)c3)CC[C@]3(C)C(CCC4[C@@]5(C)CC[C@H](O)C(C)(C)C5CC[C@]43C)C12. The standard InChI is InChI=1S/C47H62N4O5/c1-29(17-24-48)34-14-21-47(42(56)49-25-18-30-8-7-9-31(26-30)40(53)51-28-33-11-10-32(27-50-33)41(54)55)23-22-45(5)35(39(34)47)12-13-37-44(4)19-16-38(52)43(2,3)36(44)15-20-46(37,45)6/h7-11,17,26-27,34-39,52H,12-16,18-23,25,28H2,1-6H3,(H,49,56)(H,51,53)(H,54,55)/b29-17+/t34-,35?,36?,37?,38-,39?,44-,45+,46+,47-/m0/s1. The molecular formula is C47H62N4O5. The van der Waals surface area contributed by atoms with Gasteiger partial charge < -0.3 is 20.8 Å². The summed E-state index contributed by atoms with van der Waals surface area (Å²) >= 11 is 0. The highest BCUT2D eigenvalue weighted by molar-refractivity contribution is 5.94. The number of carbonyl (C=O) groups is 3. The Balaban J connectivity index is 1.07. The van der Waals surface area contributed by atoms with Gasteiger partial charge >= 0.3 is 5.97 Å². The largest absolute Gasteiger partial charge is 0.478 e. The van der Waals surface area contributed by atoms with Gasteiger partial charge in [-0.05, 0) is 159 Å². The third kappa shape index (κ3) is 6.39. The van der Waals surface area contributed by atoms with Crippen LogP contribution >= 0.6 is 0 Å². The summed E-state index contributed by atoms with van der Waals surface area (Å²) in [5, 5.41) is 36.3. The van der Waals surface area contributed by atoms with E-state index in [2.05, 4.69) is 63.2 Å². The summed E-state index contributed by atoms with van der Waals surface area (Å²) in [5.74, 6) is 0.718. The van der Waals surface area contributed by atoms with Gasteiger partial charge in [0.2, 0.25) is 5.91 Å². The lowest BCUT2D eigenvalue weighted by molar-refractivity contribution is -0.246. The number of rotatable bonds is 9. The first-order valence-corrected chi connectivity index (χ1v) is 21.1. The Morgan fingerprint density at radius 2 is 1.68 bits per heavy atom. The van der Waals surface area contributed by atoms with Crippen molar-refractivity contribution in [2.24, 2.45) is 56.7 Å². The van der Waals surface area contributed by atoms with E-state index in [1.165, 1.54) is 18.7 Å². The lowest BCUT2D eigenvalue weighted by Gasteiger charge is -2.72. The van der Waals surface area contributed by atoms with Crippen LogP contribution in [0.5, 0.6) is 0 Å². The van der Waals surface area contributed by atoms with Gasteiger partial charge in [-0.2, -0.15) is 5.26 Å². The van der Waals surface area contributed by atoms with E-state index in [0.717, 1.165) is 68.9 Å². The number of nitrogens with one attached hydrogen (secondary N) is 2. The van der Waals surface area contributed by atoms with E-state index < -0.39 is 11.4 Å². The minimum Gasteiger partial charge on any atom is -0.478 e. The number of amides is 2. The van der Waals surface area contributed by atoms with Crippen molar-refractivity contribution in [2.45, 2.75) is 125 Å². The molecule has 2 aromatic rings. The van der Waals surface area contributed by atoms with Crippen LogP contribution in [0.1, 0.15) is 138 Å². The number of carboxylic acids is 1. The van der Waals surface area contributed by atoms with Crippen LogP contribution in [-0.2, 0) is 17.8 Å². The van der Waals surface area contributed by atoms with Crippen LogP contribution in [0.3, 0.4) is 0 Å². The Morgan fingerprint density at radius 3 is 2.39 bits per heavy atom. The summed E-state index contributed by atoms with van der Waals surface area (Å²) in [6.07, 6.45) is 13.6. The van der Waals surface area contributed by atoms with E-state index in [-0.39, 0.29) is 63.5 Å². The summed E-state index contributed by atoms with van der Waals surface area (Å²) in [6, 6.07) is 12.8. The second kappa shape index (κ2) is 14.7. The maximum Gasteiger partial charge on any atom is 0.337 e. The molecule has 0 aliphatic heterocycles. The molecule has 5 aliphatic carbocycles. The quantitative estimate of drug-likeness (QED) is 0.188. The molecule has 4 unspecified atom stereocenters. The molecule has 300 valence electrons. The number of carbonyl (C=O) groups excluding carboxylic acids is 2. The van der Waals surface area contributed by atoms with Crippen molar-refractivity contribution in [1.29, 1.82) is 5.26 Å². The molecule has 5 aliphatic rings. The molecule has 4 N–H and O–H groups in total. The average Bonchev–Trinajstić information content (AvgIpc) is 3.57. The number of aromatic nitrogens is 1. The lowest BCUT2D eigenvalue weighted by Crippen LogP contribution is -2.67. The predicted octanol–water partition coefficient (Wildman–Crippen LogP) is 8.28.